The van der Waals surface area contributed by atoms with Crippen molar-refractivity contribution in [2.75, 3.05) is 6.61 Å². The SMILES string of the molecule is CC(=O)N[C@H]1C(C(=O)O)O[C@H](COCc2ccccc2)[C@@H](OCc2ccccc2)[C@@H]1OCc1ccccc1. The second kappa shape index (κ2) is 13.8. The third kappa shape index (κ3) is 7.72. The van der Waals surface area contributed by atoms with Crippen molar-refractivity contribution in [1.82, 2.24) is 5.32 Å². The van der Waals surface area contributed by atoms with E-state index in [4.69, 9.17) is 18.9 Å². The molecule has 0 aromatic heterocycles. The molecule has 1 aliphatic rings. The van der Waals surface area contributed by atoms with Crippen LogP contribution >= 0.6 is 0 Å². The van der Waals surface area contributed by atoms with Gasteiger partial charge in [0.25, 0.3) is 0 Å². The maximum absolute atomic E-state index is 12.3. The number of carboxylic acids is 1. The van der Waals surface area contributed by atoms with E-state index in [2.05, 4.69) is 5.32 Å². The van der Waals surface area contributed by atoms with Crippen LogP contribution in [0, 0.1) is 0 Å². The van der Waals surface area contributed by atoms with E-state index >= 15 is 0 Å². The number of amides is 1. The molecule has 1 fully saturated rings. The van der Waals surface area contributed by atoms with Crippen LogP contribution in [-0.2, 0) is 48.4 Å². The van der Waals surface area contributed by atoms with Gasteiger partial charge in [0.15, 0.2) is 6.10 Å². The summed E-state index contributed by atoms with van der Waals surface area (Å²) < 4.78 is 24.7. The molecule has 1 amide bonds. The van der Waals surface area contributed by atoms with Crippen LogP contribution in [0.15, 0.2) is 91.0 Å². The lowest BCUT2D eigenvalue weighted by atomic mass is 9.91. The van der Waals surface area contributed by atoms with E-state index in [0.29, 0.717) is 6.61 Å². The van der Waals surface area contributed by atoms with Crippen LogP contribution in [0.2, 0.25) is 0 Å². The molecule has 0 radical (unpaired) electrons. The first-order chi connectivity index (χ1) is 18.5. The Kier molecular flexibility index (Phi) is 10.0. The molecule has 1 unspecified atom stereocenters. The molecule has 8 heteroatoms. The van der Waals surface area contributed by atoms with Crippen LogP contribution in [0.4, 0.5) is 0 Å². The Hall–Kier alpha value is -3.56. The van der Waals surface area contributed by atoms with E-state index in [9.17, 15) is 14.7 Å². The van der Waals surface area contributed by atoms with Gasteiger partial charge < -0.3 is 29.4 Å². The predicted octanol–water partition coefficient (Wildman–Crippen LogP) is 3.73. The molecular formula is C30H33NO7. The molecule has 1 aliphatic heterocycles. The lowest BCUT2D eigenvalue weighted by Gasteiger charge is -2.45. The first-order valence-corrected chi connectivity index (χ1v) is 12.6. The molecule has 200 valence electrons. The summed E-state index contributed by atoms with van der Waals surface area (Å²) in [5, 5.41) is 12.8. The van der Waals surface area contributed by atoms with Gasteiger partial charge in [-0.2, -0.15) is 0 Å². The van der Waals surface area contributed by atoms with Crippen LogP contribution in [0.1, 0.15) is 23.6 Å². The molecular weight excluding hydrogens is 486 g/mol. The standard InChI is InChI=1S/C30H33NO7/c1-21(32)31-26-28(37-19-24-15-9-4-10-16-24)27(36-18-23-13-7-3-8-14-23)25(38-29(26)30(33)34)20-35-17-22-11-5-2-6-12-22/h2-16,25-29H,17-20H2,1H3,(H,31,32)(H,33,34)/t25-,26-,27-,28-,29?/m1/s1. The molecule has 0 spiro atoms. The smallest absolute Gasteiger partial charge is 0.335 e. The monoisotopic (exact) mass is 519 g/mol. The summed E-state index contributed by atoms with van der Waals surface area (Å²) in [6.45, 7) is 2.20. The summed E-state index contributed by atoms with van der Waals surface area (Å²) in [6.07, 6.45) is -3.64. The van der Waals surface area contributed by atoms with Crippen LogP contribution in [-0.4, -0.2) is 54.0 Å². The third-order valence-corrected chi connectivity index (χ3v) is 6.27. The first-order valence-electron chi connectivity index (χ1n) is 12.6. The second-order valence-electron chi connectivity index (χ2n) is 9.18. The van der Waals surface area contributed by atoms with Crippen LogP contribution < -0.4 is 5.32 Å². The number of hydrogen-bond acceptors (Lipinski definition) is 6. The molecule has 5 atom stereocenters. The van der Waals surface area contributed by atoms with Gasteiger partial charge in [-0.25, -0.2) is 4.79 Å². The molecule has 2 N–H and O–H groups in total. The van der Waals surface area contributed by atoms with E-state index in [0.717, 1.165) is 16.7 Å². The minimum atomic E-state index is -1.35. The van der Waals surface area contributed by atoms with Gasteiger partial charge in [0.05, 0.1) is 32.5 Å². The van der Waals surface area contributed by atoms with Gasteiger partial charge in [-0.1, -0.05) is 91.0 Å². The number of rotatable bonds is 12. The summed E-state index contributed by atoms with van der Waals surface area (Å²) in [6, 6.07) is 27.9. The number of carbonyl (C=O) groups excluding carboxylic acids is 1. The molecule has 0 aliphatic carbocycles. The highest BCUT2D eigenvalue weighted by atomic mass is 16.6. The van der Waals surface area contributed by atoms with Crippen molar-refractivity contribution in [1.29, 1.82) is 0 Å². The summed E-state index contributed by atoms with van der Waals surface area (Å²) in [7, 11) is 0. The largest absolute Gasteiger partial charge is 0.479 e. The van der Waals surface area contributed by atoms with E-state index in [1.54, 1.807) is 0 Å². The molecule has 0 saturated carbocycles. The average molecular weight is 520 g/mol. The van der Waals surface area contributed by atoms with Gasteiger partial charge >= 0.3 is 5.97 Å². The molecule has 38 heavy (non-hydrogen) atoms. The van der Waals surface area contributed by atoms with Crippen molar-refractivity contribution in [3.8, 4) is 0 Å². The number of benzene rings is 3. The lowest BCUT2D eigenvalue weighted by molar-refractivity contribution is -0.235. The predicted molar refractivity (Wildman–Crippen MR) is 140 cm³/mol. The number of carboxylic acid groups (broad SMARTS) is 1. The molecule has 3 aromatic rings. The number of nitrogens with one attached hydrogen (secondary N) is 1. The number of hydrogen-bond donors (Lipinski definition) is 2. The summed E-state index contributed by atoms with van der Waals surface area (Å²) in [5.41, 5.74) is 2.83. The quantitative estimate of drug-likeness (QED) is 0.376. The van der Waals surface area contributed by atoms with Crippen LogP contribution in [0.3, 0.4) is 0 Å². The second-order valence-corrected chi connectivity index (χ2v) is 9.18. The Morgan fingerprint density at radius 3 is 1.71 bits per heavy atom. The normalized spacial score (nSPS) is 23.0. The zero-order valence-electron chi connectivity index (χ0n) is 21.3. The lowest BCUT2D eigenvalue weighted by Crippen LogP contribution is -2.67. The number of ether oxygens (including phenoxy) is 4. The van der Waals surface area contributed by atoms with E-state index in [-0.39, 0.29) is 19.8 Å². The van der Waals surface area contributed by atoms with Crippen LogP contribution in [0.25, 0.3) is 0 Å². The highest BCUT2D eigenvalue weighted by molar-refractivity contribution is 5.77. The highest BCUT2D eigenvalue weighted by Crippen LogP contribution is 2.29. The van der Waals surface area contributed by atoms with Crippen molar-refractivity contribution in [2.24, 2.45) is 0 Å². The van der Waals surface area contributed by atoms with Crippen molar-refractivity contribution < 1.29 is 33.6 Å². The van der Waals surface area contributed by atoms with E-state index < -0.39 is 42.3 Å². The minimum Gasteiger partial charge on any atom is -0.479 e. The average Bonchev–Trinajstić information content (AvgIpc) is 2.93. The molecule has 1 heterocycles. The van der Waals surface area contributed by atoms with Crippen molar-refractivity contribution >= 4 is 11.9 Å². The third-order valence-electron chi connectivity index (χ3n) is 6.27. The maximum Gasteiger partial charge on any atom is 0.335 e. The highest BCUT2D eigenvalue weighted by Gasteiger charge is 2.50. The fourth-order valence-electron chi connectivity index (χ4n) is 4.48. The van der Waals surface area contributed by atoms with Gasteiger partial charge in [-0.3, -0.25) is 4.79 Å². The Bertz CT molecular complexity index is 1140. The Morgan fingerprint density at radius 2 is 1.24 bits per heavy atom. The summed E-state index contributed by atoms with van der Waals surface area (Å²) in [5.74, 6) is -1.59. The number of carbonyl (C=O) groups is 2. The minimum absolute atomic E-state index is 0.0795. The van der Waals surface area contributed by atoms with Crippen molar-refractivity contribution in [2.45, 2.75) is 57.2 Å². The van der Waals surface area contributed by atoms with Crippen molar-refractivity contribution in [3.05, 3.63) is 108 Å². The van der Waals surface area contributed by atoms with Gasteiger partial charge in [0, 0.05) is 6.92 Å². The zero-order chi connectivity index (χ0) is 26.7. The van der Waals surface area contributed by atoms with Gasteiger partial charge in [0.1, 0.15) is 18.3 Å². The van der Waals surface area contributed by atoms with Gasteiger partial charge in [-0.15, -0.1) is 0 Å². The van der Waals surface area contributed by atoms with E-state index in [1.165, 1.54) is 6.92 Å². The Labute approximate surface area is 222 Å². The first kappa shape index (κ1) is 27.5. The molecule has 3 aromatic carbocycles. The molecule has 4 rings (SSSR count). The molecule has 0 bridgehead atoms. The summed E-state index contributed by atoms with van der Waals surface area (Å²) in [4.78, 5) is 24.4. The van der Waals surface area contributed by atoms with E-state index in [1.807, 2.05) is 91.0 Å². The van der Waals surface area contributed by atoms with Crippen LogP contribution in [0.5, 0.6) is 0 Å². The number of aliphatic carboxylic acids is 1. The Balaban J connectivity index is 1.60. The topological polar surface area (TPSA) is 103 Å². The fraction of sp³-hybridized carbons (Fsp3) is 0.333. The van der Waals surface area contributed by atoms with Gasteiger partial charge in [-0.05, 0) is 16.7 Å². The van der Waals surface area contributed by atoms with Crippen molar-refractivity contribution in [3.63, 3.8) is 0 Å². The Morgan fingerprint density at radius 1 is 0.763 bits per heavy atom. The molecule has 1 saturated heterocycles. The summed E-state index contributed by atoms with van der Waals surface area (Å²) >= 11 is 0. The fourth-order valence-corrected chi connectivity index (χ4v) is 4.48. The van der Waals surface area contributed by atoms with Gasteiger partial charge in [0.2, 0.25) is 5.91 Å². The zero-order valence-corrected chi connectivity index (χ0v) is 21.3. The molecule has 8 nitrogen and oxygen atoms in total. The maximum atomic E-state index is 12.3.